The second kappa shape index (κ2) is 10.8. The molecule has 6 heteroatoms. The van der Waals surface area contributed by atoms with Crippen molar-refractivity contribution in [1.29, 1.82) is 0 Å². The highest BCUT2D eigenvalue weighted by Gasteiger charge is 2.20. The molecule has 3 aromatic heterocycles. The second-order valence-electron chi connectivity index (χ2n) is 8.46. The summed E-state index contributed by atoms with van der Waals surface area (Å²) in [4.78, 5) is 22.2. The van der Waals surface area contributed by atoms with Crippen LogP contribution in [0.15, 0.2) is 54.1 Å². The fraction of sp³-hybridized carbons (Fsp3) is 0.370. The van der Waals surface area contributed by atoms with Crippen molar-refractivity contribution in [2.75, 3.05) is 6.54 Å². The number of aryl methyl sites for hydroxylation is 1. The lowest BCUT2D eigenvalue weighted by Crippen LogP contribution is -2.23. The first-order valence-electron chi connectivity index (χ1n) is 11.8. The summed E-state index contributed by atoms with van der Waals surface area (Å²) in [5, 5.41) is 5.99. The molecular weight excluding hydrogens is 428 g/mol. The van der Waals surface area contributed by atoms with Gasteiger partial charge in [-0.25, -0.2) is 4.98 Å². The summed E-state index contributed by atoms with van der Waals surface area (Å²) < 4.78 is 2.27. The van der Waals surface area contributed by atoms with Gasteiger partial charge < -0.3 is 9.88 Å². The van der Waals surface area contributed by atoms with Gasteiger partial charge in [0, 0.05) is 41.6 Å². The molecule has 1 aliphatic carbocycles. The fourth-order valence-electron chi connectivity index (χ4n) is 4.35. The number of carbonyl (C=O) groups is 1. The minimum Gasteiger partial charge on any atom is -0.349 e. The molecule has 0 saturated carbocycles. The summed E-state index contributed by atoms with van der Waals surface area (Å²) in [6.07, 6.45) is 12.8. The third-order valence-corrected chi connectivity index (χ3v) is 7.14. The van der Waals surface area contributed by atoms with E-state index in [-0.39, 0.29) is 5.91 Å². The normalized spacial score (nSPS) is 13.6. The van der Waals surface area contributed by atoms with Crippen LogP contribution >= 0.6 is 11.3 Å². The van der Waals surface area contributed by atoms with Crippen molar-refractivity contribution in [3.8, 4) is 22.0 Å². The van der Waals surface area contributed by atoms with Gasteiger partial charge in [-0.15, -0.1) is 17.9 Å². The van der Waals surface area contributed by atoms with Crippen molar-refractivity contribution in [2.45, 2.75) is 58.9 Å². The van der Waals surface area contributed by atoms with E-state index in [4.69, 9.17) is 4.98 Å². The van der Waals surface area contributed by atoms with Crippen LogP contribution < -0.4 is 5.32 Å². The maximum atomic E-state index is 12.8. The molecule has 0 radical (unpaired) electrons. The molecule has 0 bridgehead atoms. The van der Waals surface area contributed by atoms with Gasteiger partial charge in [0.05, 0.1) is 17.0 Å². The molecule has 1 N–H and O–H groups in total. The Labute approximate surface area is 200 Å². The molecule has 3 heterocycles. The Morgan fingerprint density at radius 3 is 2.97 bits per heavy atom. The summed E-state index contributed by atoms with van der Waals surface area (Å²) in [5.74, 6) is -0.0681. The lowest BCUT2D eigenvalue weighted by molar-refractivity contribution is 0.0957. The third kappa shape index (κ3) is 5.33. The summed E-state index contributed by atoms with van der Waals surface area (Å²) in [6, 6.07) is 6.11. The number of rotatable bonds is 9. The van der Waals surface area contributed by atoms with Crippen LogP contribution in [0.4, 0.5) is 0 Å². The highest BCUT2D eigenvalue weighted by atomic mass is 32.1. The number of nitrogens with one attached hydrogen (secondary N) is 1. The van der Waals surface area contributed by atoms with Crippen molar-refractivity contribution in [1.82, 2.24) is 19.9 Å². The number of carbonyl (C=O) groups excluding carboxylic acids is 1. The molecule has 0 fully saturated rings. The molecule has 172 valence electrons. The molecule has 0 aromatic carbocycles. The van der Waals surface area contributed by atoms with Crippen LogP contribution in [-0.4, -0.2) is 27.0 Å². The van der Waals surface area contributed by atoms with Gasteiger partial charge in [-0.2, -0.15) is 0 Å². The molecule has 0 saturated heterocycles. The van der Waals surface area contributed by atoms with Crippen LogP contribution in [0.3, 0.4) is 0 Å². The van der Waals surface area contributed by atoms with Crippen molar-refractivity contribution >= 4 is 17.2 Å². The Morgan fingerprint density at radius 1 is 1.33 bits per heavy atom. The summed E-state index contributed by atoms with van der Waals surface area (Å²) >= 11 is 1.63. The van der Waals surface area contributed by atoms with E-state index in [0.29, 0.717) is 12.1 Å². The van der Waals surface area contributed by atoms with Gasteiger partial charge in [0.15, 0.2) is 0 Å². The molecule has 5 nitrogen and oxygen atoms in total. The first kappa shape index (κ1) is 23.2. The first-order chi connectivity index (χ1) is 16.1. The van der Waals surface area contributed by atoms with E-state index in [1.165, 1.54) is 31.3 Å². The van der Waals surface area contributed by atoms with Crippen molar-refractivity contribution in [3.63, 3.8) is 0 Å². The Kier molecular flexibility index (Phi) is 7.55. The zero-order valence-electron chi connectivity index (χ0n) is 19.6. The van der Waals surface area contributed by atoms with E-state index in [1.807, 2.05) is 25.3 Å². The lowest BCUT2D eigenvalue weighted by Gasteiger charge is -2.15. The van der Waals surface area contributed by atoms with Gasteiger partial charge in [-0.05, 0) is 63.6 Å². The number of hydrogen-bond donors (Lipinski definition) is 1. The molecule has 1 amide bonds. The molecule has 3 aromatic rings. The highest BCUT2D eigenvalue weighted by Crippen LogP contribution is 2.32. The van der Waals surface area contributed by atoms with Crippen molar-refractivity contribution in [2.24, 2.45) is 0 Å². The summed E-state index contributed by atoms with van der Waals surface area (Å²) in [7, 11) is 0. The number of amides is 1. The van der Waals surface area contributed by atoms with Gasteiger partial charge >= 0.3 is 0 Å². The van der Waals surface area contributed by atoms with Crippen LogP contribution in [0, 0.1) is 6.92 Å². The van der Waals surface area contributed by atoms with Gasteiger partial charge in [-0.1, -0.05) is 24.6 Å². The molecule has 0 aliphatic heterocycles. The van der Waals surface area contributed by atoms with Gasteiger partial charge in [0.25, 0.3) is 5.91 Å². The average molecular weight is 461 g/mol. The van der Waals surface area contributed by atoms with E-state index in [2.05, 4.69) is 45.9 Å². The molecular formula is C27H32N4OS. The predicted molar refractivity (Wildman–Crippen MR) is 137 cm³/mol. The van der Waals surface area contributed by atoms with Gasteiger partial charge in [-0.3, -0.25) is 9.78 Å². The van der Waals surface area contributed by atoms with Crippen LogP contribution in [0.25, 0.3) is 22.0 Å². The molecule has 0 spiro atoms. The minimum atomic E-state index is -0.0681. The highest BCUT2D eigenvalue weighted by molar-refractivity contribution is 7.13. The topological polar surface area (TPSA) is 59.8 Å². The average Bonchev–Trinajstić information content (AvgIpc) is 3.47. The fourth-order valence-corrected chi connectivity index (χ4v) is 5.16. The summed E-state index contributed by atoms with van der Waals surface area (Å²) in [6.45, 7) is 9.15. The minimum absolute atomic E-state index is 0.0681. The number of thiazole rings is 1. The van der Waals surface area contributed by atoms with E-state index in [9.17, 15) is 4.79 Å². The Hall–Kier alpha value is -2.99. The number of aromatic nitrogens is 3. The van der Waals surface area contributed by atoms with E-state index in [0.717, 1.165) is 52.7 Å². The molecule has 33 heavy (non-hydrogen) atoms. The van der Waals surface area contributed by atoms with Crippen LogP contribution in [-0.2, 0) is 13.0 Å². The number of nitrogens with zero attached hydrogens (tertiary/aromatic N) is 3. The monoisotopic (exact) mass is 460 g/mol. The van der Waals surface area contributed by atoms with Crippen LogP contribution in [0.5, 0.6) is 0 Å². The zero-order chi connectivity index (χ0) is 23.2. The van der Waals surface area contributed by atoms with Crippen LogP contribution in [0.1, 0.15) is 60.8 Å². The number of pyridine rings is 1. The molecule has 0 unspecified atom stereocenters. The van der Waals surface area contributed by atoms with E-state index >= 15 is 0 Å². The van der Waals surface area contributed by atoms with Gasteiger partial charge in [0.2, 0.25) is 0 Å². The maximum absolute atomic E-state index is 12.8. The van der Waals surface area contributed by atoms with Crippen molar-refractivity contribution in [3.05, 3.63) is 71.0 Å². The van der Waals surface area contributed by atoms with Gasteiger partial charge in [0.1, 0.15) is 5.01 Å². The number of allylic oxidation sites excluding steroid dienone is 2. The molecule has 0 atom stereocenters. The molecule has 1 aliphatic rings. The largest absolute Gasteiger partial charge is 0.349 e. The molecule has 4 rings (SSSR count). The van der Waals surface area contributed by atoms with Crippen LogP contribution in [0.2, 0.25) is 0 Å². The number of hydrogen-bond acceptors (Lipinski definition) is 4. The van der Waals surface area contributed by atoms with E-state index in [1.54, 1.807) is 17.4 Å². The Morgan fingerprint density at radius 2 is 2.21 bits per heavy atom. The van der Waals surface area contributed by atoms with E-state index < -0.39 is 0 Å². The quantitative estimate of drug-likeness (QED) is 0.379. The SMILES string of the molecule is C=CCNC(=O)c1cc(-c2csc(-c3ccnc(CC)c3)n2)n(CCC2=CCCCC2)c1C. The van der Waals surface area contributed by atoms with Crippen molar-refractivity contribution < 1.29 is 4.79 Å². The summed E-state index contributed by atoms with van der Waals surface area (Å²) in [5.41, 5.74) is 7.27. The third-order valence-electron chi connectivity index (χ3n) is 6.25. The maximum Gasteiger partial charge on any atom is 0.253 e. The predicted octanol–water partition coefficient (Wildman–Crippen LogP) is 6.35. The lowest BCUT2D eigenvalue weighted by atomic mass is 9.97. The second-order valence-corrected chi connectivity index (χ2v) is 9.32. The smallest absolute Gasteiger partial charge is 0.253 e. The standard InChI is InChI=1S/C27H32N4OS/c1-4-13-29-26(32)23-17-25(31(19(23)3)15-12-20-9-7-6-8-10-20)24-18-33-27(30-24)21-11-14-28-22(5-2)16-21/h4,9,11,14,16-18H,1,5-8,10,12-13,15H2,2-3H3,(H,29,32). The Bertz CT molecular complexity index is 1170. The first-order valence-corrected chi connectivity index (χ1v) is 12.7. The Balaban J connectivity index is 1.68. The zero-order valence-corrected chi connectivity index (χ0v) is 20.4.